The summed E-state index contributed by atoms with van der Waals surface area (Å²) >= 11 is 5.92. The van der Waals surface area contributed by atoms with Gasteiger partial charge in [-0.25, -0.2) is 4.79 Å². The molecule has 0 aliphatic carbocycles. The first-order valence-corrected chi connectivity index (χ1v) is 10.6. The SMILES string of the molecule is Cc1ccc2c(CN3CCN(C(=O)Cc4ccc(Cl)cc4)CC3)cc(=O)oc2c1C. The van der Waals surface area contributed by atoms with Crippen LogP contribution in [0.5, 0.6) is 0 Å². The van der Waals surface area contributed by atoms with E-state index in [1.54, 1.807) is 6.07 Å². The van der Waals surface area contributed by atoms with Gasteiger partial charge in [0, 0.05) is 49.2 Å². The van der Waals surface area contributed by atoms with Gasteiger partial charge in [0.15, 0.2) is 0 Å². The van der Waals surface area contributed by atoms with Crippen molar-refractivity contribution in [1.82, 2.24) is 9.80 Å². The van der Waals surface area contributed by atoms with Gasteiger partial charge in [-0.3, -0.25) is 9.69 Å². The minimum atomic E-state index is -0.317. The van der Waals surface area contributed by atoms with Gasteiger partial charge in [-0.05, 0) is 48.2 Å². The van der Waals surface area contributed by atoms with Gasteiger partial charge in [0.25, 0.3) is 0 Å². The van der Waals surface area contributed by atoms with Crippen molar-refractivity contribution >= 4 is 28.5 Å². The van der Waals surface area contributed by atoms with E-state index in [9.17, 15) is 9.59 Å². The molecule has 6 heteroatoms. The summed E-state index contributed by atoms with van der Waals surface area (Å²) in [5, 5.41) is 1.66. The number of aryl methyl sites for hydroxylation is 2. The molecule has 0 spiro atoms. The van der Waals surface area contributed by atoms with E-state index in [0.717, 1.165) is 40.7 Å². The second kappa shape index (κ2) is 8.62. The van der Waals surface area contributed by atoms with Crippen molar-refractivity contribution in [3.8, 4) is 0 Å². The Morgan fingerprint density at radius 2 is 1.73 bits per heavy atom. The third kappa shape index (κ3) is 4.42. The zero-order chi connectivity index (χ0) is 21.3. The van der Waals surface area contributed by atoms with Crippen LogP contribution in [0.2, 0.25) is 5.02 Å². The van der Waals surface area contributed by atoms with Crippen molar-refractivity contribution in [3.05, 3.63) is 80.2 Å². The van der Waals surface area contributed by atoms with Crippen molar-refractivity contribution in [1.29, 1.82) is 0 Å². The Bertz CT molecular complexity index is 1130. The summed E-state index contributed by atoms with van der Waals surface area (Å²) in [6.45, 7) is 7.59. The third-order valence-electron chi connectivity index (χ3n) is 5.90. The van der Waals surface area contributed by atoms with Crippen LogP contribution in [0.1, 0.15) is 22.3 Å². The molecule has 1 aliphatic heterocycles. The first-order chi connectivity index (χ1) is 14.4. The summed E-state index contributed by atoms with van der Waals surface area (Å²) in [4.78, 5) is 28.9. The first kappa shape index (κ1) is 20.6. The Balaban J connectivity index is 1.41. The predicted molar refractivity (Wildman–Crippen MR) is 119 cm³/mol. The van der Waals surface area contributed by atoms with Gasteiger partial charge in [0.1, 0.15) is 5.58 Å². The van der Waals surface area contributed by atoms with E-state index in [4.69, 9.17) is 16.0 Å². The zero-order valence-electron chi connectivity index (χ0n) is 17.3. The molecule has 1 saturated heterocycles. The maximum atomic E-state index is 12.6. The van der Waals surface area contributed by atoms with Crippen LogP contribution in [-0.4, -0.2) is 41.9 Å². The topological polar surface area (TPSA) is 53.8 Å². The summed E-state index contributed by atoms with van der Waals surface area (Å²) in [6, 6.07) is 13.1. The monoisotopic (exact) mass is 424 g/mol. The highest BCUT2D eigenvalue weighted by molar-refractivity contribution is 6.30. The molecule has 1 amide bonds. The summed E-state index contributed by atoms with van der Waals surface area (Å²) in [6.07, 6.45) is 0.389. The Hall–Kier alpha value is -2.63. The van der Waals surface area contributed by atoms with Crippen LogP contribution < -0.4 is 5.63 Å². The Kier molecular flexibility index (Phi) is 5.93. The molecule has 0 atom stereocenters. The molecule has 0 saturated carbocycles. The second-order valence-electron chi connectivity index (χ2n) is 7.93. The third-order valence-corrected chi connectivity index (χ3v) is 6.16. The molecule has 0 unspecified atom stereocenters. The first-order valence-electron chi connectivity index (χ1n) is 10.2. The molecule has 2 heterocycles. The van der Waals surface area contributed by atoms with Crippen molar-refractivity contribution in [2.24, 2.45) is 0 Å². The van der Waals surface area contributed by atoms with Crippen LogP contribution >= 0.6 is 11.6 Å². The van der Waals surface area contributed by atoms with E-state index in [0.29, 0.717) is 36.7 Å². The van der Waals surface area contributed by atoms with E-state index < -0.39 is 0 Å². The lowest BCUT2D eigenvalue weighted by Gasteiger charge is -2.35. The predicted octanol–water partition coefficient (Wildman–Crippen LogP) is 3.95. The number of hydrogen-bond acceptors (Lipinski definition) is 4. The molecule has 156 valence electrons. The van der Waals surface area contributed by atoms with E-state index in [1.807, 2.05) is 49.1 Å². The molecule has 1 aromatic heterocycles. The normalized spacial score (nSPS) is 15.0. The minimum absolute atomic E-state index is 0.133. The van der Waals surface area contributed by atoms with E-state index >= 15 is 0 Å². The van der Waals surface area contributed by atoms with Crippen LogP contribution in [0, 0.1) is 13.8 Å². The number of rotatable bonds is 4. The number of piperazine rings is 1. The van der Waals surface area contributed by atoms with Crippen LogP contribution in [-0.2, 0) is 17.8 Å². The highest BCUT2D eigenvalue weighted by Gasteiger charge is 2.22. The molecule has 1 fully saturated rings. The molecule has 0 radical (unpaired) electrons. The van der Waals surface area contributed by atoms with Crippen molar-refractivity contribution in [2.45, 2.75) is 26.8 Å². The van der Waals surface area contributed by atoms with Crippen LogP contribution in [0.4, 0.5) is 0 Å². The lowest BCUT2D eigenvalue weighted by atomic mass is 10.0. The average molecular weight is 425 g/mol. The number of benzene rings is 2. The number of carbonyl (C=O) groups is 1. The highest BCUT2D eigenvalue weighted by atomic mass is 35.5. The van der Waals surface area contributed by atoms with Gasteiger partial charge in [0.05, 0.1) is 6.42 Å². The summed E-state index contributed by atoms with van der Waals surface area (Å²) in [5.41, 5.74) is 4.42. The molecular formula is C24H25ClN2O3. The quantitative estimate of drug-likeness (QED) is 0.595. The number of amides is 1. The average Bonchev–Trinajstić information content (AvgIpc) is 2.73. The standard InChI is InChI=1S/C24H25ClN2O3/c1-16-3-8-21-19(14-23(29)30-24(21)17(16)2)15-26-9-11-27(12-10-26)22(28)13-18-4-6-20(25)7-5-18/h3-8,14H,9-13,15H2,1-2H3. The number of fused-ring (bicyclic) bond motifs is 1. The second-order valence-corrected chi connectivity index (χ2v) is 8.37. The molecular weight excluding hydrogens is 400 g/mol. The maximum Gasteiger partial charge on any atom is 0.336 e. The Morgan fingerprint density at radius 1 is 1.03 bits per heavy atom. The lowest BCUT2D eigenvalue weighted by Crippen LogP contribution is -2.48. The molecule has 30 heavy (non-hydrogen) atoms. The molecule has 4 rings (SSSR count). The van der Waals surface area contributed by atoms with Crippen LogP contribution in [0.15, 0.2) is 51.7 Å². The Labute approximate surface area is 180 Å². The van der Waals surface area contributed by atoms with Gasteiger partial charge < -0.3 is 9.32 Å². The van der Waals surface area contributed by atoms with Gasteiger partial charge in [0.2, 0.25) is 5.91 Å². The van der Waals surface area contributed by atoms with Crippen molar-refractivity contribution in [2.75, 3.05) is 26.2 Å². The zero-order valence-corrected chi connectivity index (χ0v) is 18.0. The summed E-state index contributed by atoms with van der Waals surface area (Å²) < 4.78 is 5.48. The van der Waals surface area contributed by atoms with Gasteiger partial charge in [-0.15, -0.1) is 0 Å². The van der Waals surface area contributed by atoms with E-state index in [1.165, 1.54) is 0 Å². The summed E-state index contributed by atoms with van der Waals surface area (Å²) in [5.74, 6) is 0.133. The number of nitrogens with zero attached hydrogens (tertiary/aromatic N) is 2. The number of halogens is 1. The number of carbonyl (C=O) groups excluding carboxylic acids is 1. The van der Waals surface area contributed by atoms with Gasteiger partial charge in [-0.1, -0.05) is 35.9 Å². The fraction of sp³-hybridized carbons (Fsp3) is 0.333. The number of hydrogen-bond donors (Lipinski definition) is 0. The van der Waals surface area contributed by atoms with Crippen molar-refractivity contribution < 1.29 is 9.21 Å². The maximum absolute atomic E-state index is 12.6. The van der Waals surface area contributed by atoms with Gasteiger partial charge in [-0.2, -0.15) is 0 Å². The molecule has 0 bridgehead atoms. The highest BCUT2D eigenvalue weighted by Crippen LogP contribution is 2.24. The van der Waals surface area contributed by atoms with Crippen LogP contribution in [0.3, 0.4) is 0 Å². The smallest absolute Gasteiger partial charge is 0.336 e. The molecule has 3 aromatic rings. The molecule has 1 aliphatic rings. The largest absolute Gasteiger partial charge is 0.422 e. The van der Waals surface area contributed by atoms with E-state index in [2.05, 4.69) is 11.0 Å². The van der Waals surface area contributed by atoms with Gasteiger partial charge >= 0.3 is 5.63 Å². The lowest BCUT2D eigenvalue weighted by molar-refractivity contribution is -0.132. The molecule has 2 aromatic carbocycles. The summed E-state index contributed by atoms with van der Waals surface area (Å²) in [7, 11) is 0. The molecule has 5 nitrogen and oxygen atoms in total. The Morgan fingerprint density at radius 3 is 2.43 bits per heavy atom. The fourth-order valence-corrected chi connectivity index (χ4v) is 4.07. The minimum Gasteiger partial charge on any atom is -0.422 e. The fourth-order valence-electron chi connectivity index (χ4n) is 3.94. The van der Waals surface area contributed by atoms with E-state index in [-0.39, 0.29) is 11.5 Å². The van der Waals surface area contributed by atoms with Crippen LogP contribution in [0.25, 0.3) is 11.0 Å². The molecule has 0 N–H and O–H groups in total. The van der Waals surface area contributed by atoms with Crippen molar-refractivity contribution in [3.63, 3.8) is 0 Å².